The van der Waals surface area contributed by atoms with Crippen LogP contribution in [0.3, 0.4) is 0 Å². The second-order valence-corrected chi connectivity index (χ2v) is 10.5. The highest BCUT2D eigenvalue weighted by atomic mass is 35.5. The number of phenolic OH excluding ortho intramolecular Hbond substituents is 1. The Morgan fingerprint density at radius 2 is 2.06 bits per heavy atom. The van der Waals surface area contributed by atoms with Gasteiger partial charge >= 0.3 is 0 Å². The number of piperidine rings is 1. The van der Waals surface area contributed by atoms with Gasteiger partial charge in [0.05, 0.1) is 22.6 Å². The Labute approximate surface area is 211 Å². The van der Waals surface area contributed by atoms with Crippen LogP contribution in [-0.2, 0) is 16.6 Å². The molecule has 1 aliphatic carbocycles. The van der Waals surface area contributed by atoms with Crippen molar-refractivity contribution in [1.82, 2.24) is 9.80 Å². The molecule has 1 saturated carbocycles. The summed E-state index contributed by atoms with van der Waals surface area (Å²) in [7, 11) is 1.82. The summed E-state index contributed by atoms with van der Waals surface area (Å²) in [6.07, 6.45) is 3.66. The number of likely N-dealkylation sites (N-methyl/N-ethyl adjacent to an activating group) is 1. The third kappa shape index (κ3) is 4.99. The quantitative estimate of drug-likeness (QED) is 0.563. The van der Waals surface area contributed by atoms with Crippen LogP contribution >= 0.6 is 23.2 Å². The third-order valence-electron chi connectivity index (χ3n) is 7.71. The van der Waals surface area contributed by atoms with Gasteiger partial charge in [0.25, 0.3) is 0 Å². The number of phenols is 1. The molecule has 2 aromatic carbocycles. The predicted molar refractivity (Wildman–Crippen MR) is 136 cm³/mol. The lowest BCUT2D eigenvalue weighted by Gasteiger charge is -2.56. The van der Waals surface area contributed by atoms with Crippen molar-refractivity contribution < 1.29 is 15.0 Å². The Hall–Kier alpha value is -2.05. The molecule has 34 heavy (non-hydrogen) atoms. The molecule has 1 heterocycles. The van der Waals surface area contributed by atoms with Gasteiger partial charge in [-0.05, 0) is 61.2 Å². The van der Waals surface area contributed by atoms with E-state index in [4.69, 9.17) is 23.2 Å². The van der Waals surface area contributed by atoms with E-state index in [1.54, 1.807) is 23.1 Å². The Morgan fingerprint density at radius 3 is 2.76 bits per heavy atom. The molecule has 0 bridgehead atoms. The second kappa shape index (κ2) is 10.3. The SMILES string of the molecule is C=CCN1CC[C@@]2(c3cccc(O)c3)C[C@@H](N(C)C(=O)Cc3ccc(Cl)c(Cl)c3)CC(O)[C@@H]2C1. The van der Waals surface area contributed by atoms with E-state index in [1.165, 1.54) is 0 Å². The maximum Gasteiger partial charge on any atom is 0.226 e. The molecule has 0 radical (unpaired) electrons. The number of carbonyl (C=O) groups is 1. The Bertz CT molecular complexity index is 1060. The number of rotatable bonds is 6. The van der Waals surface area contributed by atoms with E-state index in [0.29, 0.717) is 16.5 Å². The lowest BCUT2D eigenvalue weighted by atomic mass is 9.56. The lowest BCUT2D eigenvalue weighted by molar-refractivity contribution is -0.135. The van der Waals surface area contributed by atoms with Gasteiger partial charge in [-0.15, -0.1) is 6.58 Å². The van der Waals surface area contributed by atoms with Crippen molar-refractivity contribution in [2.75, 3.05) is 26.7 Å². The molecular formula is C27H32Cl2N2O3. The number of aliphatic hydroxyl groups is 1. The predicted octanol–water partition coefficient (Wildman–Crippen LogP) is 4.67. The van der Waals surface area contributed by atoms with Crippen molar-refractivity contribution in [2.45, 2.75) is 43.2 Å². The maximum absolute atomic E-state index is 13.2. The van der Waals surface area contributed by atoms with Crippen LogP contribution in [0.2, 0.25) is 10.0 Å². The summed E-state index contributed by atoms with van der Waals surface area (Å²) in [6, 6.07) is 12.5. The topological polar surface area (TPSA) is 64.0 Å². The first kappa shape index (κ1) is 25.1. The summed E-state index contributed by atoms with van der Waals surface area (Å²) in [4.78, 5) is 17.3. The summed E-state index contributed by atoms with van der Waals surface area (Å²) in [5.41, 5.74) is 1.52. The van der Waals surface area contributed by atoms with Crippen LogP contribution in [0.15, 0.2) is 55.1 Å². The van der Waals surface area contributed by atoms with Gasteiger partial charge in [0, 0.05) is 37.5 Å². The van der Waals surface area contributed by atoms with E-state index in [9.17, 15) is 15.0 Å². The van der Waals surface area contributed by atoms with Gasteiger partial charge in [-0.25, -0.2) is 0 Å². The van der Waals surface area contributed by atoms with Crippen LogP contribution in [0.25, 0.3) is 0 Å². The Balaban J connectivity index is 1.60. The molecule has 182 valence electrons. The summed E-state index contributed by atoms with van der Waals surface area (Å²) in [5.74, 6) is 0.210. The highest BCUT2D eigenvalue weighted by Crippen LogP contribution is 2.50. The average molecular weight is 503 g/mol. The van der Waals surface area contributed by atoms with Crippen LogP contribution in [0.1, 0.15) is 30.4 Å². The summed E-state index contributed by atoms with van der Waals surface area (Å²) >= 11 is 12.1. The first-order chi connectivity index (χ1) is 16.2. The summed E-state index contributed by atoms with van der Waals surface area (Å²) < 4.78 is 0. The monoisotopic (exact) mass is 502 g/mol. The zero-order chi connectivity index (χ0) is 24.5. The molecule has 1 unspecified atom stereocenters. The van der Waals surface area contributed by atoms with E-state index in [0.717, 1.165) is 43.6 Å². The minimum absolute atomic E-state index is 0.0119. The molecule has 2 aliphatic rings. The molecule has 5 nitrogen and oxygen atoms in total. The molecule has 7 heteroatoms. The first-order valence-corrected chi connectivity index (χ1v) is 12.5. The molecule has 0 aromatic heterocycles. The largest absolute Gasteiger partial charge is 0.508 e. The first-order valence-electron chi connectivity index (χ1n) is 11.7. The average Bonchev–Trinajstić information content (AvgIpc) is 2.81. The molecule has 4 atom stereocenters. The molecule has 1 amide bonds. The molecule has 2 fully saturated rings. The zero-order valence-electron chi connectivity index (χ0n) is 19.5. The fourth-order valence-electron chi connectivity index (χ4n) is 5.87. The maximum atomic E-state index is 13.2. The highest BCUT2D eigenvalue weighted by molar-refractivity contribution is 6.42. The number of likely N-dealkylation sites (tertiary alicyclic amines) is 1. The van der Waals surface area contributed by atoms with E-state index >= 15 is 0 Å². The van der Waals surface area contributed by atoms with Crippen LogP contribution in [0, 0.1) is 5.92 Å². The number of benzene rings is 2. The van der Waals surface area contributed by atoms with Crippen molar-refractivity contribution in [3.05, 3.63) is 76.3 Å². The minimum Gasteiger partial charge on any atom is -0.508 e. The van der Waals surface area contributed by atoms with Gasteiger partial charge in [0.15, 0.2) is 0 Å². The minimum atomic E-state index is -0.561. The van der Waals surface area contributed by atoms with Crippen molar-refractivity contribution in [3.63, 3.8) is 0 Å². The number of aliphatic hydroxyl groups excluding tert-OH is 1. The number of nitrogens with zero attached hydrogens (tertiary/aromatic N) is 2. The third-order valence-corrected chi connectivity index (χ3v) is 8.44. The van der Waals surface area contributed by atoms with Gasteiger partial charge in [-0.3, -0.25) is 9.69 Å². The Kier molecular flexibility index (Phi) is 7.58. The standard InChI is InChI=1S/C27H32Cl2N2O3/c1-3-10-31-11-9-27(19-5-4-6-21(32)14-19)16-20(15-25(33)22(27)17-31)30(2)26(34)13-18-7-8-23(28)24(29)12-18/h3-8,12,14,20,22,25,32-33H,1,9-11,13,15-17H2,2H3/t20-,22-,25?,27-/m0/s1. The summed E-state index contributed by atoms with van der Waals surface area (Å²) in [6.45, 7) is 6.28. The zero-order valence-corrected chi connectivity index (χ0v) is 21.0. The molecular weight excluding hydrogens is 471 g/mol. The van der Waals surface area contributed by atoms with E-state index < -0.39 is 6.10 Å². The van der Waals surface area contributed by atoms with Gasteiger partial charge < -0.3 is 15.1 Å². The van der Waals surface area contributed by atoms with Gasteiger partial charge in [-0.2, -0.15) is 0 Å². The fourth-order valence-corrected chi connectivity index (χ4v) is 6.19. The highest BCUT2D eigenvalue weighted by Gasteiger charge is 2.52. The van der Waals surface area contributed by atoms with E-state index in [1.807, 2.05) is 37.4 Å². The molecule has 4 rings (SSSR count). The van der Waals surface area contributed by atoms with Crippen LogP contribution in [0.4, 0.5) is 0 Å². The van der Waals surface area contributed by atoms with Crippen molar-refractivity contribution in [3.8, 4) is 5.75 Å². The molecule has 0 spiro atoms. The molecule has 1 aliphatic heterocycles. The molecule has 2 aromatic rings. The number of halogens is 2. The number of hydrogen-bond donors (Lipinski definition) is 2. The number of aromatic hydroxyl groups is 1. The van der Waals surface area contributed by atoms with Crippen LogP contribution in [0.5, 0.6) is 5.75 Å². The van der Waals surface area contributed by atoms with Gasteiger partial charge in [0.1, 0.15) is 5.75 Å². The normalized spacial score (nSPS) is 27.1. The van der Waals surface area contributed by atoms with Crippen molar-refractivity contribution in [2.24, 2.45) is 5.92 Å². The van der Waals surface area contributed by atoms with E-state index in [-0.39, 0.29) is 35.5 Å². The second-order valence-electron chi connectivity index (χ2n) is 9.70. The smallest absolute Gasteiger partial charge is 0.226 e. The lowest BCUT2D eigenvalue weighted by Crippen LogP contribution is -2.61. The van der Waals surface area contributed by atoms with Gasteiger partial charge in [0.2, 0.25) is 5.91 Å². The number of carbonyl (C=O) groups excluding carboxylic acids is 1. The number of amides is 1. The molecule has 2 N–H and O–H groups in total. The fraction of sp³-hybridized carbons (Fsp3) is 0.444. The number of hydrogen-bond acceptors (Lipinski definition) is 4. The van der Waals surface area contributed by atoms with Crippen LogP contribution in [-0.4, -0.2) is 64.7 Å². The number of fused-ring (bicyclic) bond motifs is 1. The van der Waals surface area contributed by atoms with Crippen LogP contribution < -0.4 is 0 Å². The van der Waals surface area contributed by atoms with Gasteiger partial charge in [-0.1, -0.05) is 47.5 Å². The van der Waals surface area contributed by atoms with Crippen molar-refractivity contribution in [1.29, 1.82) is 0 Å². The van der Waals surface area contributed by atoms with E-state index in [2.05, 4.69) is 11.5 Å². The molecule has 1 saturated heterocycles. The Morgan fingerprint density at radius 1 is 1.26 bits per heavy atom. The summed E-state index contributed by atoms with van der Waals surface area (Å²) in [5, 5.41) is 22.5. The van der Waals surface area contributed by atoms with Crippen molar-refractivity contribution >= 4 is 29.1 Å².